The molecule has 7 heteroatoms. The lowest BCUT2D eigenvalue weighted by Crippen LogP contribution is -2.34. The summed E-state index contributed by atoms with van der Waals surface area (Å²) in [5.41, 5.74) is 2.19. The summed E-state index contributed by atoms with van der Waals surface area (Å²) < 4.78 is 30.5. The van der Waals surface area contributed by atoms with Crippen molar-refractivity contribution in [2.24, 2.45) is 5.10 Å². The van der Waals surface area contributed by atoms with Gasteiger partial charge < -0.3 is 4.90 Å². The molecule has 0 saturated carbocycles. The van der Waals surface area contributed by atoms with Gasteiger partial charge in [0.25, 0.3) is 10.1 Å². The number of aryl methyl sites for hydroxylation is 1. The Balaban J connectivity index is 1.96. The van der Waals surface area contributed by atoms with Gasteiger partial charge in [-0.15, -0.1) is 0 Å². The summed E-state index contributed by atoms with van der Waals surface area (Å²) >= 11 is 0. The van der Waals surface area contributed by atoms with E-state index in [-0.39, 0.29) is 11.8 Å². The molecule has 0 bridgehead atoms. The van der Waals surface area contributed by atoms with E-state index in [1.54, 1.807) is 5.01 Å². The highest BCUT2D eigenvalue weighted by Crippen LogP contribution is 2.14. The van der Waals surface area contributed by atoms with Crippen molar-refractivity contribution in [3.63, 3.8) is 0 Å². The quantitative estimate of drug-likeness (QED) is 0.465. The Morgan fingerprint density at radius 2 is 2.00 bits per heavy atom. The second-order valence-corrected chi connectivity index (χ2v) is 7.29. The van der Waals surface area contributed by atoms with Crippen molar-refractivity contribution in [3.8, 4) is 0 Å². The summed E-state index contributed by atoms with van der Waals surface area (Å²) in [7, 11) is -2.04. The van der Waals surface area contributed by atoms with E-state index >= 15 is 0 Å². The van der Waals surface area contributed by atoms with E-state index in [1.165, 1.54) is 5.56 Å². The number of rotatable bonds is 7. The maximum Gasteiger partial charge on any atom is 0.264 e. The molecule has 1 aromatic rings. The standard InChI is InChI=1S/C17H23N3O3S/c1-15-7-9-16(10-8-15)19(2)18-14-17-6-3-4-11-20(17)12-5-13-24(21,22)23/h3-4,6-11,14,17H,5,12-13H2,1-2H3,(H,21,22,23). The largest absolute Gasteiger partial charge is 0.366 e. The highest BCUT2D eigenvalue weighted by Gasteiger charge is 2.14. The molecule has 1 aliphatic rings. The van der Waals surface area contributed by atoms with E-state index < -0.39 is 10.1 Å². The van der Waals surface area contributed by atoms with Gasteiger partial charge in [0.1, 0.15) is 0 Å². The van der Waals surface area contributed by atoms with E-state index in [2.05, 4.69) is 5.10 Å². The Labute approximate surface area is 143 Å². The molecular weight excluding hydrogens is 326 g/mol. The molecule has 1 heterocycles. The molecular formula is C17H23N3O3S. The number of hydrogen-bond acceptors (Lipinski definition) is 5. The lowest BCUT2D eigenvalue weighted by molar-refractivity contribution is 0.371. The zero-order chi connectivity index (χ0) is 17.6. The molecule has 1 aromatic carbocycles. The molecule has 0 fully saturated rings. The van der Waals surface area contributed by atoms with Gasteiger partial charge in [0.05, 0.1) is 23.7 Å². The second kappa shape index (κ2) is 8.12. The first-order valence-corrected chi connectivity index (χ1v) is 9.36. The van der Waals surface area contributed by atoms with E-state index in [9.17, 15) is 8.42 Å². The van der Waals surface area contributed by atoms with Crippen LogP contribution in [-0.4, -0.2) is 49.5 Å². The normalized spacial score (nSPS) is 17.6. The lowest BCUT2D eigenvalue weighted by Gasteiger charge is -2.28. The number of benzene rings is 1. The number of anilines is 1. The monoisotopic (exact) mass is 349 g/mol. The first-order chi connectivity index (χ1) is 11.3. The summed E-state index contributed by atoms with van der Waals surface area (Å²) in [6.45, 7) is 2.56. The molecule has 0 saturated heterocycles. The Morgan fingerprint density at radius 3 is 2.67 bits per heavy atom. The highest BCUT2D eigenvalue weighted by atomic mass is 32.2. The highest BCUT2D eigenvalue weighted by molar-refractivity contribution is 7.85. The molecule has 0 aliphatic carbocycles. The van der Waals surface area contributed by atoms with Crippen LogP contribution in [0.15, 0.2) is 53.8 Å². The van der Waals surface area contributed by atoms with Crippen molar-refractivity contribution >= 4 is 22.0 Å². The Morgan fingerprint density at radius 1 is 1.29 bits per heavy atom. The average molecular weight is 349 g/mol. The van der Waals surface area contributed by atoms with Crippen LogP contribution in [0.3, 0.4) is 0 Å². The maximum atomic E-state index is 10.8. The van der Waals surface area contributed by atoms with E-state index in [1.807, 2.05) is 73.8 Å². The summed E-state index contributed by atoms with van der Waals surface area (Å²) in [5, 5.41) is 6.26. The molecule has 2 rings (SSSR count). The SMILES string of the molecule is Cc1ccc(N(C)N=CC2C=CC=CN2CCCS(=O)(=O)O)cc1. The number of hydrogen-bond donors (Lipinski definition) is 1. The topological polar surface area (TPSA) is 73.2 Å². The fraction of sp³-hybridized carbons (Fsp3) is 0.353. The molecule has 1 N–H and O–H groups in total. The van der Waals surface area contributed by atoms with Crippen molar-refractivity contribution in [1.82, 2.24) is 4.90 Å². The van der Waals surface area contributed by atoms with Crippen LogP contribution in [-0.2, 0) is 10.1 Å². The molecule has 0 radical (unpaired) electrons. The summed E-state index contributed by atoms with van der Waals surface area (Å²) in [5.74, 6) is -0.242. The van der Waals surface area contributed by atoms with Gasteiger partial charge in [-0.1, -0.05) is 29.8 Å². The lowest BCUT2D eigenvalue weighted by atomic mass is 10.2. The van der Waals surface area contributed by atoms with Crippen LogP contribution >= 0.6 is 0 Å². The van der Waals surface area contributed by atoms with E-state index in [4.69, 9.17) is 4.55 Å². The molecule has 130 valence electrons. The first kappa shape index (κ1) is 18.2. The minimum atomic E-state index is -3.92. The van der Waals surface area contributed by atoms with Gasteiger partial charge in [0, 0.05) is 13.6 Å². The summed E-state index contributed by atoms with van der Waals surface area (Å²) in [6.07, 6.45) is 9.87. The van der Waals surface area contributed by atoms with Gasteiger partial charge in [0.15, 0.2) is 0 Å². The van der Waals surface area contributed by atoms with Crippen molar-refractivity contribution in [2.45, 2.75) is 19.4 Å². The van der Waals surface area contributed by atoms with Crippen LogP contribution in [0.5, 0.6) is 0 Å². The predicted molar refractivity (Wildman–Crippen MR) is 97.9 cm³/mol. The van der Waals surface area contributed by atoms with Gasteiger partial charge in [-0.3, -0.25) is 9.56 Å². The minimum Gasteiger partial charge on any atom is -0.366 e. The van der Waals surface area contributed by atoms with E-state index in [0.717, 1.165) is 5.69 Å². The van der Waals surface area contributed by atoms with Crippen molar-refractivity contribution in [3.05, 3.63) is 54.3 Å². The van der Waals surface area contributed by atoms with Crippen molar-refractivity contribution in [2.75, 3.05) is 24.4 Å². The number of nitrogens with zero attached hydrogens (tertiary/aromatic N) is 3. The molecule has 0 spiro atoms. The predicted octanol–water partition coefficient (Wildman–Crippen LogP) is 2.45. The van der Waals surface area contributed by atoms with Crippen LogP contribution in [0.4, 0.5) is 5.69 Å². The van der Waals surface area contributed by atoms with Crippen molar-refractivity contribution < 1.29 is 13.0 Å². The zero-order valence-corrected chi connectivity index (χ0v) is 14.7. The molecule has 0 amide bonds. The van der Waals surface area contributed by atoms with Crippen LogP contribution < -0.4 is 5.01 Å². The summed E-state index contributed by atoms with van der Waals surface area (Å²) in [4.78, 5) is 1.98. The minimum absolute atomic E-state index is 0.0516. The molecule has 0 aromatic heterocycles. The third kappa shape index (κ3) is 5.82. The number of allylic oxidation sites excluding steroid dienone is 2. The fourth-order valence-electron chi connectivity index (χ4n) is 2.33. The van der Waals surface area contributed by atoms with Gasteiger partial charge in [-0.05, 0) is 37.8 Å². The van der Waals surface area contributed by atoms with Crippen LogP contribution in [0, 0.1) is 6.92 Å². The second-order valence-electron chi connectivity index (χ2n) is 5.72. The van der Waals surface area contributed by atoms with Gasteiger partial charge in [0.2, 0.25) is 0 Å². The van der Waals surface area contributed by atoms with Gasteiger partial charge >= 0.3 is 0 Å². The number of hydrazone groups is 1. The Bertz CT molecular complexity index is 724. The Kier molecular flexibility index (Phi) is 6.16. The molecule has 1 unspecified atom stereocenters. The van der Waals surface area contributed by atoms with Gasteiger partial charge in [-0.25, -0.2) is 0 Å². The smallest absolute Gasteiger partial charge is 0.264 e. The third-order valence-electron chi connectivity index (χ3n) is 3.70. The fourth-order valence-corrected chi connectivity index (χ4v) is 2.83. The van der Waals surface area contributed by atoms with Crippen molar-refractivity contribution in [1.29, 1.82) is 0 Å². The van der Waals surface area contributed by atoms with E-state index in [0.29, 0.717) is 13.0 Å². The van der Waals surface area contributed by atoms with Gasteiger partial charge in [-0.2, -0.15) is 13.5 Å². The molecule has 6 nitrogen and oxygen atoms in total. The van der Waals surface area contributed by atoms with Crippen LogP contribution in [0.25, 0.3) is 0 Å². The first-order valence-electron chi connectivity index (χ1n) is 7.75. The van der Waals surface area contributed by atoms with Crippen LogP contribution in [0.1, 0.15) is 12.0 Å². The Hall–Kier alpha value is -2.12. The third-order valence-corrected chi connectivity index (χ3v) is 4.50. The average Bonchev–Trinajstić information content (AvgIpc) is 2.53. The molecule has 1 aliphatic heterocycles. The molecule has 24 heavy (non-hydrogen) atoms. The maximum absolute atomic E-state index is 10.8. The molecule has 1 atom stereocenters. The summed E-state index contributed by atoms with van der Waals surface area (Å²) in [6, 6.07) is 8.03. The van der Waals surface area contributed by atoms with Crippen LogP contribution in [0.2, 0.25) is 0 Å². The zero-order valence-electron chi connectivity index (χ0n) is 13.9.